The zero-order valence-corrected chi connectivity index (χ0v) is 10.3. The highest BCUT2D eigenvalue weighted by molar-refractivity contribution is 7.99. The average molecular weight is 250 g/mol. The number of carboxylic acid groups (broad SMARTS) is 1. The highest BCUT2D eigenvalue weighted by Crippen LogP contribution is 2.36. The van der Waals surface area contributed by atoms with Crippen molar-refractivity contribution >= 4 is 45.2 Å². The number of fused-ring (bicyclic) bond motifs is 1. The van der Waals surface area contributed by atoms with E-state index < -0.39 is 5.97 Å². The van der Waals surface area contributed by atoms with Gasteiger partial charge in [-0.15, -0.1) is 23.1 Å². The first-order valence-electron chi connectivity index (χ1n) is 4.63. The first-order chi connectivity index (χ1) is 7.69. The molecule has 0 aliphatic heterocycles. The summed E-state index contributed by atoms with van der Waals surface area (Å²) in [6, 6.07) is 3.92. The first-order valence-corrected chi connectivity index (χ1v) is 6.73. The summed E-state index contributed by atoms with van der Waals surface area (Å²) in [5, 5.41) is 11.7. The third kappa shape index (κ3) is 1.64. The van der Waals surface area contributed by atoms with Gasteiger partial charge in [0.2, 0.25) is 0 Å². The Morgan fingerprint density at radius 2 is 2.31 bits per heavy atom. The maximum absolute atomic E-state index is 11.1. The molecule has 0 unspecified atom stereocenters. The van der Waals surface area contributed by atoms with Crippen molar-refractivity contribution in [1.29, 1.82) is 0 Å². The predicted molar refractivity (Wildman–Crippen MR) is 70.7 cm³/mol. The molecule has 0 amide bonds. The molecule has 0 saturated carbocycles. The van der Waals surface area contributed by atoms with Crippen LogP contribution in [0.25, 0.3) is 16.2 Å². The van der Waals surface area contributed by atoms with Gasteiger partial charge in [0.05, 0.1) is 5.56 Å². The highest BCUT2D eigenvalue weighted by Gasteiger charge is 2.15. The van der Waals surface area contributed by atoms with Crippen LogP contribution in [0.1, 0.15) is 15.9 Å². The Bertz CT molecular complexity index is 570. The molecular weight excluding hydrogens is 240 g/mol. The van der Waals surface area contributed by atoms with Crippen molar-refractivity contribution in [1.82, 2.24) is 0 Å². The van der Waals surface area contributed by atoms with Gasteiger partial charge < -0.3 is 5.11 Å². The van der Waals surface area contributed by atoms with E-state index in [1.165, 1.54) is 11.3 Å². The van der Waals surface area contributed by atoms with Gasteiger partial charge in [0.15, 0.2) is 0 Å². The summed E-state index contributed by atoms with van der Waals surface area (Å²) in [5.41, 5.74) is 1.37. The lowest BCUT2D eigenvalue weighted by atomic mass is 10.1. The largest absolute Gasteiger partial charge is 0.478 e. The second kappa shape index (κ2) is 4.31. The quantitative estimate of drug-likeness (QED) is 0.838. The summed E-state index contributed by atoms with van der Waals surface area (Å²) in [6.07, 6.45) is 3.71. The molecule has 2 rings (SSSR count). The fourth-order valence-electron chi connectivity index (χ4n) is 1.65. The van der Waals surface area contributed by atoms with E-state index in [9.17, 15) is 4.79 Å². The highest BCUT2D eigenvalue weighted by atomic mass is 32.2. The zero-order valence-electron chi connectivity index (χ0n) is 8.69. The summed E-state index contributed by atoms with van der Waals surface area (Å²) in [6.45, 7) is 3.75. The van der Waals surface area contributed by atoms with Crippen LogP contribution in [0, 0.1) is 0 Å². The molecule has 0 bridgehead atoms. The summed E-state index contributed by atoms with van der Waals surface area (Å²) >= 11 is 3.02. The Kier molecular flexibility index (Phi) is 3.03. The SMILES string of the molecule is C=Cc1ccc2scc(C(=O)O)c2c1SC. The Hall–Kier alpha value is -1.26. The maximum atomic E-state index is 11.1. The number of carbonyl (C=O) groups is 1. The van der Waals surface area contributed by atoms with E-state index in [4.69, 9.17) is 5.11 Å². The minimum Gasteiger partial charge on any atom is -0.478 e. The van der Waals surface area contributed by atoms with Crippen LogP contribution in [0.3, 0.4) is 0 Å². The fourth-order valence-corrected chi connectivity index (χ4v) is 3.47. The Morgan fingerprint density at radius 1 is 1.56 bits per heavy atom. The predicted octanol–water partition coefficient (Wildman–Crippen LogP) is 3.96. The summed E-state index contributed by atoms with van der Waals surface area (Å²) in [7, 11) is 0. The molecule has 0 saturated heterocycles. The molecule has 0 aliphatic rings. The maximum Gasteiger partial charge on any atom is 0.337 e. The lowest BCUT2D eigenvalue weighted by molar-refractivity contribution is 0.0699. The summed E-state index contributed by atoms with van der Waals surface area (Å²) < 4.78 is 1.01. The molecule has 0 spiro atoms. The Morgan fingerprint density at radius 3 is 2.88 bits per heavy atom. The van der Waals surface area contributed by atoms with Gasteiger partial charge in [-0.05, 0) is 17.9 Å². The van der Waals surface area contributed by atoms with Crippen LogP contribution >= 0.6 is 23.1 Å². The molecule has 0 aliphatic carbocycles. The normalized spacial score (nSPS) is 10.6. The van der Waals surface area contributed by atoms with Crippen molar-refractivity contribution in [3.8, 4) is 0 Å². The van der Waals surface area contributed by atoms with Crippen molar-refractivity contribution in [3.63, 3.8) is 0 Å². The molecule has 1 aromatic carbocycles. The molecule has 4 heteroatoms. The second-order valence-corrected chi connectivity index (χ2v) is 4.95. The number of rotatable bonds is 3. The van der Waals surface area contributed by atoms with Crippen molar-refractivity contribution in [3.05, 3.63) is 35.2 Å². The smallest absolute Gasteiger partial charge is 0.337 e. The zero-order chi connectivity index (χ0) is 11.7. The van der Waals surface area contributed by atoms with Gasteiger partial charge in [0, 0.05) is 20.4 Å². The van der Waals surface area contributed by atoms with E-state index in [0.29, 0.717) is 5.56 Å². The van der Waals surface area contributed by atoms with Gasteiger partial charge in [-0.2, -0.15) is 0 Å². The van der Waals surface area contributed by atoms with Crippen LogP contribution in [-0.2, 0) is 0 Å². The lowest BCUT2D eigenvalue weighted by Gasteiger charge is -2.05. The molecule has 0 atom stereocenters. The van der Waals surface area contributed by atoms with E-state index in [-0.39, 0.29) is 0 Å². The number of hydrogen-bond acceptors (Lipinski definition) is 3. The Labute approximate surface area is 102 Å². The number of hydrogen-bond donors (Lipinski definition) is 1. The van der Waals surface area contributed by atoms with E-state index in [2.05, 4.69) is 6.58 Å². The van der Waals surface area contributed by atoms with Gasteiger partial charge in [-0.25, -0.2) is 4.79 Å². The molecule has 2 nitrogen and oxygen atoms in total. The van der Waals surface area contributed by atoms with Crippen molar-refractivity contribution in [2.24, 2.45) is 0 Å². The average Bonchev–Trinajstić information content (AvgIpc) is 2.71. The molecule has 0 radical (unpaired) electrons. The van der Waals surface area contributed by atoms with Crippen LogP contribution in [0.2, 0.25) is 0 Å². The molecule has 0 fully saturated rings. The summed E-state index contributed by atoms with van der Waals surface area (Å²) in [4.78, 5) is 12.1. The molecule has 16 heavy (non-hydrogen) atoms. The Balaban J connectivity index is 2.87. The molecule has 1 heterocycles. The lowest BCUT2D eigenvalue weighted by Crippen LogP contribution is -1.95. The monoisotopic (exact) mass is 250 g/mol. The van der Waals surface area contributed by atoms with E-state index in [1.54, 1.807) is 23.2 Å². The third-order valence-electron chi connectivity index (χ3n) is 2.38. The van der Waals surface area contributed by atoms with Crippen LogP contribution in [-0.4, -0.2) is 17.3 Å². The molecule has 1 N–H and O–H groups in total. The third-order valence-corrected chi connectivity index (χ3v) is 4.17. The van der Waals surface area contributed by atoms with Crippen molar-refractivity contribution in [2.45, 2.75) is 4.90 Å². The van der Waals surface area contributed by atoms with Crippen LogP contribution in [0.15, 0.2) is 29.0 Å². The molecular formula is C12H10O2S2. The van der Waals surface area contributed by atoms with Gasteiger partial charge >= 0.3 is 5.97 Å². The first kappa shape index (κ1) is 11.2. The van der Waals surface area contributed by atoms with Crippen LogP contribution < -0.4 is 0 Å². The van der Waals surface area contributed by atoms with Gasteiger partial charge in [0.1, 0.15) is 0 Å². The van der Waals surface area contributed by atoms with Crippen LogP contribution in [0.4, 0.5) is 0 Å². The minimum absolute atomic E-state index is 0.382. The van der Waals surface area contributed by atoms with Gasteiger partial charge in [-0.1, -0.05) is 18.7 Å². The molecule has 2 aromatic rings. The van der Waals surface area contributed by atoms with Crippen molar-refractivity contribution in [2.75, 3.05) is 6.26 Å². The number of aromatic carboxylic acids is 1. The number of carboxylic acids is 1. The van der Waals surface area contributed by atoms with E-state index in [1.807, 2.05) is 18.4 Å². The standard InChI is InChI=1S/C12H10O2S2/c1-3-7-4-5-9-10(11(7)15-2)8(6-16-9)12(13)14/h3-6H,1H2,2H3,(H,13,14). The molecule has 1 aromatic heterocycles. The second-order valence-electron chi connectivity index (χ2n) is 3.22. The van der Waals surface area contributed by atoms with Gasteiger partial charge in [-0.3, -0.25) is 0 Å². The van der Waals surface area contributed by atoms with E-state index >= 15 is 0 Å². The van der Waals surface area contributed by atoms with Crippen LogP contribution in [0.5, 0.6) is 0 Å². The number of thioether (sulfide) groups is 1. The number of thiophene rings is 1. The fraction of sp³-hybridized carbons (Fsp3) is 0.0833. The summed E-state index contributed by atoms with van der Waals surface area (Å²) in [5.74, 6) is -0.872. The molecule has 82 valence electrons. The number of benzene rings is 1. The van der Waals surface area contributed by atoms with E-state index in [0.717, 1.165) is 20.5 Å². The van der Waals surface area contributed by atoms with Gasteiger partial charge in [0.25, 0.3) is 0 Å². The minimum atomic E-state index is -0.872. The van der Waals surface area contributed by atoms with Crippen molar-refractivity contribution < 1.29 is 9.90 Å². The topological polar surface area (TPSA) is 37.3 Å².